The summed E-state index contributed by atoms with van der Waals surface area (Å²) in [6.07, 6.45) is 0. The molecule has 0 radical (unpaired) electrons. The van der Waals surface area contributed by atoms with Crippen LogP contribution in [0, 0.1) is 698 Å². The van der Waals surface area contributed by atoms with Crippen LogP contribution >= 0.6 is 0 Å². The molecule has 0 spiro atoms. The number of nitrogens with zero attached hydrogens (tertiary/aromatic N) is 1. The summed E-state index contributed by atoms with van der Waals surface area (Å²) in [6.45, 7) is 1.68. The van der Waals surface area contributed by atoms with Gasteiger partial charge in [0, 0.05) is 633 Å². The van der Waals surface area contributed by atoms with Crippen molar-refractivity contribution in [1.29, 1.82) is 5.26 Å². The van der Waals surface area contributed by atoms with Gasteiger partial charge in [-0.05, 0) is 54.3 Å². The van der Waals surface area contributed by atoms with E-state index >= 15 is 0 Å². The molecular weight excluding hydrogens is 1430 g/mol. The van der Waals surface area contributed by atoms with Crippen LogP contribution in [0.15, 0.2) is 0 Å². The zero-order valence-corrected chi connectivity index (χ0v) is 59.9. The lowest BCUT2D eigenvalue weighted by atomic mass is 10.4. The van der Waals surface area contributed by atoms with Gasteiger partial charge >= 0.3 is 0 Å². The summed E-state index contributed by atoms with van der Waals surface area (Å²) in [4.78, 5) is 0. The minimum Gasteiger partial charge on any atom is -0.183 e. The Morgan fingerprint density at radius 3 is 0.151 bits per heavy atom. The van der Waals surface area contributed by atoms with Gasteiger partial charge < -0.3 is 0 Å². The summed E-state index contributed by atoms with van der Waals surface area (Å²) in [7, 11) is 0. The topological polar surface area (TPSA) is 23.8 Å². The molecule has 0 fully saturated rings. The summed E-state index contributed by atoms with van der Waals surface area (Å²) in [5.74, 6) is 289. The summed E-state index contributed by atoms with van der Waals surface area (Å²) in [5.41, 5.74) is 0. The number of nitriles is 1. The highest BCUT2D eigenvalue weighted by Crippen LogP contribution is 1.69. The third-order valence-electron chi connectivity index (χ3n) is 7.31. The van der Waals surface area contributed by atoms with Crippen LogP contribution in [0.1, 0.15) is 6.92 Å². The van der Waals surface area contributed by atoms with Crippen molar-refractivity contribution < 1.29 is 0 Å². The molecule has 0 saturated carbocycles. The van der Waals surface area contributed by atoms with Gasteiger partial charge in [-0.1, -0.05) is 5.92 Å². The van der Waals surface area contributed by atoms with Crippen LogP contribution in [0.3, 0.4) is 0 Å². The maximum atomic E-state index is 8.23. The van der Waals surface area contributed by atoms with Gasteiger partial charge in [0.15, 0.2) is 6.07 Å². The van der Waals surface area contributed by atoms with Crippen LogP contribution in [0.5, 0.6) is 0 Å². The first-order valence-corrected chi connectivity index (χ1v) is 29.7. The molecule has 0 N–H and O–H groups in total. The molecule has 480 valence electrons. The standard InChI is InChI=1S/C118H3N/c1-2-3-4-5-6-7-8-9-10-11-12-13-14-15-16-17-18-19-20-21-22-23-24-25-26-27-28-29-30-31-32-33-34-35-36-37-38-39-40-41-42-43-44-45-46-47-48-49-50-51-52-53-54-55-56-57-58-59-60-61-62-63-64-65-66-67-68-69-70-71-72-73-74-75-76-77-78-79-80-81-82-83-84-85-86-87-88-89-90-91-92-93-94-95-96-97-98-99-100-101-102-103-104-105-106-107-108-109-110-111-112-113-114-115-116-117-118-119/h1H3. The Hall–Kier alpha value is -26.0. The minimum absolute atomic E-state index is 1.63. The Kier molecular flexibility index (Phi) is 71.9. The summed E-state index contributed by atoms with van der Waals surface area (Å²) < 4.78 is 0. The quantitative estimate of drug-likeness (QED) is 0.329. The van der Waals surface area contributed by atoms with Gasteiger partial charge in [-0.2, -0.15) is 5.26 Å². The van der Waals surface area contributed by atoms with Crippen molar-refractivity contribution in [1.82, 2.24) is 0 Å². The van der Waals surface area contributed by atoms with Gasteiger partial charge in [0.25, 0.3) is 0 Å². The number of hydrogen-bond acceptors (Lipinski definition) is 1. The molecule has 0 bridgehead atoms. The number of rotatable bonds is 0. The average Bonchev–Trinajstić information content (AvgIpc) is 1.70. The molecule has 0 rings (SSSR count). The molecular formula is C118H3N. The molecule has 0 aromatic rings. The zero-order chi connectivity index (χ0) is 84.7. The van der Waals surface area contributed by atoms with Crippen LogP contribution in [-0.4, -0.2) is 0 Å². The molecule has 0 amide bonds. The molecule has 0 atom stereocenters. The summed E-state index contributed by atoms with van der Waals surface area (Å²) >= 11 is 0. The van der Waals surface area contributed by atoms with E-state index in [-0.39, 0.29) is 0 Å². The predicted octanol–water partition coefficient (Wildman–Crippen LogP) is 0.727. The molecule has 0 aromatic carbocycles. The van der Waals surface area contributed by atoms with Gasteiger partial charge in [0.2, 0.25) is 0 Å². The second-order valence-corrected chi connectivity index (χ2v) is 14.7. The van der Waals surface area contributed by atoms with E-state index in [0.717, 1.165) is 0 Å². The lowest BCUT2D eigenvalue weighted by Gasteiger charge is -1.58. The van der Waals surface area contributed by atoms with Gasteiger partial charge in [-0.15, -0.1) is 0 Å². The van der Waals surface area contributed by atoms with Crippen molar-refractivity contribution >= 4 is 0 Å². The van der Waals surface area contributed by atoms with Crippen molar-refractivity contribution in [2.75, 3.05) is 0 Å². The Morgan fingerprint density at radius 1 is 0.0672 bits per heavy atom. The van der Waals surface area contributed by atoms with E-state index in [9.17, 15) is 0 Å². The van der Waals surface area contributed by atoms with Gasteiger partial charge in [-0.25, -0.2) is 0 Å². The fraction of sp³-hybridized carbons (Fsp3) is 0.00847. The molecule has 1 nitrogen and oxygen atoms in total. The molecule has 0 unspecified atom stereocenters. The first-order chi connectivity index (χ1) is 59.4. The Balaban J connectivity index is 4.65. The monoisotopic (exact) mass is 1430 g/mol. The van der Waals surface area contributed by atoms with Crippen LogP contribution in [0.25, 0.3) is 0 Å². The maximum absolute atomic E-state index is 8.23. The van der Waals surface area contributed by atoms with E-state index in [0.29, 0.717) is 0 Å². The first-order valence-electron chi connectivity index (χ1n) is 29.7. The molecule has 1 heteroatoms. The highest BCUT2D eigenvalue weighted by Gasteiger charge is 1.69. The molecule has 119 heavy (non-hydrogen) atoms. The fourth-order valence-corrected chi connectivity index (χ4v) is 3.62. The normalized spacial score (nSPS) is 3.97. The first kappa shape index (κ1) is 93.0. The third kappa shape index (κ3) is 92.0. The van der Waals surface area contributed by atoms with Crippen molar-refractivity contribution in [3.8, 4) is 693 Å². The van der Waals surface area contributed by atoms with Crippen molar-refractivity contribution in [3.63, 3.8) is 0 Å². The second-order valence-electron chi connectivity index (χ2n) is 14.7. The van der Waals surface area contributed by atoms with E-state index in [4.69, 9.17) is 5.26 Å². The van der Waals surface area contributed by atoms with Gasteiger partial charge in [-0.3, -0.25) is 0 Å². The van der Waals surface area contributed by atoms with Gasteiger partial charge in [0.1, 0.15) is 0 Å². The molecule has 0 saturated heterocycles. The van der Waals surface area contributed by atoms with Gasteiger partial charge in [0.05, 0.1) is 0 Å². The maximum Gasteiger partial charge on any atom is 0.153 e. The summed E-state index contributed by atoms with van der Waals surface area (Å²) in [6, 6.07) is 1.63. The zero-order valence-electron chi connectivity index (χ0n) is 59.9. The van der Waals surface area contributed by atoms with Crippen LogP contribution in [0.2, 0.25) is 0 Å². The van der Waals surface area contributed by atoms with Crippen LogP contribution < -0.4 is 0 Å². The molecule has 0 aliphatic carbocycles. The van der Waals surface area contributed by atoms with Crippen molar-refractivity contribution in [2.24, 2.45) is 0 Å². The number of hydrogen-bond donors (Lipinski definition) is 0. The average molecular weight is 1430 g/mol. The third-order valence-corrected chi connectivity index (χ3v) is 7.31. The second kappa shape index (κ2) is 92.0. The van der Waals surface area contributed by atoms with Crippen molar-refractivity contribution in [2.45, 2.75) is 6.92 Å². The van der Waals surface area contributed by atoms with Crippen LogP contribution in [-0.2, 0) is 0 Å². The van der Waals surface area contributed by atoms with Crippen LogP contribution in [0.4, 0.5) is 0 Å². The Morgan fingerprint density at radius 2 is 0.109 bits per heavy atom. The largest absolute Gasteiger partial charge is 0.183 e. The fourth-order valence-electron chi connectivity index (χ4n) is 3.62. The SMILES string of the molecule is CC#CC#CC#CC#CC#CC#CC#CC#CC#CC#CC#CC#CC#CC#CC#CC#CC#CC#CC#CC#CC#CC#CC#CC#CC#CC#CC#CC#CC#CC#CC#CC#CC#CC#CC#CC#CC#CC#CC#CC#CC#CC#CC#CC#CC#CC#CC#CC#CC#CC#CC#CC#CC#CC#CC#CC#CC#CC#CC#N. The van der Waals surface area contributed by atoms with E-state index in [2.05, 4.69) is 687 Å². The highest BCUT2D eigenvalue weighted by atomic mass is 14.2. The lowest BCUT2D eigenvalue weighted by molar-refractivity contribution is 1.55. The van der Waals surface area contributed by atoms with E-state index in [1.165, 1.54) is 0 Å². The van der Waals surface area contributed by atoms with Crippen molar-refractivity contribution in [3.05, 3.63) is 0 Å². The molecule has 0 aliphatic heterocycles. The Labute approximate surface area is 700 Å². The van der Waals surface area contributed by atoms with E-state index in [1.807, 2.05) is 0 Å². The smallest absolute Gasteiger partial charge is 0.153 e. The Bertz CT molecular complexity index is 8380. The lowest BCUT2D eigenvalue weighted by Crippen LogP contribution is -1.57. The minimum atomic E-state index is 1.63. The summed E-state index contributed by atoms with van der Waals surface area (Å²) in [5, 5.41) is 8.23. The molecule has 0 heterocycles. The van der Waals surface area contributed by atoms with E-state index in [1.54, 1.807) is 13.0 Å². The molecule has 0 aliphatic rings. The molecule has 0 aromatic heterocycles. The highest BCUT2D eigenvalue weighted by molar-refractivity contribution is 5.58. The van der Waals surface area contributed by atoms with E-state index < -0.39 is 0 Å². The predicted molar refractivity (Wildman–Crippen MR) is 462 cm³/mol.